The number of nitrogens with one attached hydrogen (secondary N) is 1. The number of anilines is 1. The molecule has 3 unspecified atom stereocenters. The lowest BCUT2D eigenvalue weighted by atomic mass is 9.80. The molecule has 1 saturated carbocycles. The molecule has 2 fully saturated rings. The van der Waals surface area contributed by atoms with E-state index in [0.29, 0.717) is 5.92 Å². The van der Waals surface area contributed by atoms with E-state index < -0.39 is 5.72 Å². The van der Waals surface area contributed by atoms with Gasteiger partial charge < -0.3 is 14.8 Å². The fourth-order valence-electron chi connectivity index (χ4n) is 4.94. The van der Waals surface area contributed by atoms with Crippen molar-refractivity contribution in [3.05, 3.63) is 48.0 Å². The third-order valence-corrected chi connectivity index (χ3v) is 7.07. The molecule has 2 heterocycles. The Morgan fingerprint density at radius 2 is 2.15 bits per heavy atom. The SMILES string of the molecule is COc1cccc2c1OC13CCCC1C2NC(=S)N3c1cccc(SC)c1. The van der Waals surface area contributed by atoms with Gasteiger partial charge in [0.2, 0.25) is 0 Å². The molecule has 1 saturated heterocycles. The highest BCUT2D eigenvalue weighted by molar-refractivity contribution is 7.98. The topological polar surface area (TPSA) is 33.7 Å². The minimum atomic E-state index is -0.453. The van der Waals surface area contributed by atoms with Crippen molar-refractivity contribution in [3.63, 3.8) is 0 Å². The highest BCUT2D eigenvalue weighted by Gasteiger charge is 2.61. The van der Waals surface area contributed by atoms with Crippen molar-refractivity contribution < 1.29 is 9.47 Å². The van der Waals surface area contributed by atoms with Crippen LogP contribution in [0.3, 0.4) is 0 Å². The fourth-order valence-corrected chi connectivity index (χ4v) is 5.78. The maximum Gasteiger partial charge on any atom is 0.194 e. The second-order valence-electron chi connectivity index (χ2n) is 7.29. The molecule has 2 aromatic rings. The first-order chi connectivity index (χ1) is 13.2. The van der Waals surface area contributed by atoms with Crippen molar-refractivity contribution in [1.29, 1.82) is 0 Å². The number of nitrogens with zero attached hydrogens (tertiary/aromatic N) is 1. The van der Waals surface area contributed by atoms with Gasteiger partial charge in [0, 0.05) is 28.5 Å². The molecule has 6 heteroatoms. The lowest BCUT2D eigenvalue weighted by molar-refractivity contribution is -0.00735. The van der Waals surface area contributed by atoms with Gasteiger partial charge in [-0.15, -0.1) is 11.8 Å². The van der Waals surface area contributed by atoms with E-state index >= 15 is 0 Å². The van der Waals surface area contributed by atoms with E-state index in [9.17, 15) is 0 Å². The van der Waals surface area contributed by atoms with Gasteiger partial charge in [-0.25, -0.2) is 0 Å². The Bertz CT molecular complexity index is 919. The Morgan fingerprint density at radius 1 is 1.30 bits per heavy atom. The molecular formula is C21H22N2O2S2. The number of thiocarbonyl (C=S) groups is 1. The molecule has 2 aromatic carbocycles. The minimum absolute atomic E-state index is 0.166. The van der Waals surface area contributed by atoms with E-state index in [2.05, 4.69) is 46.8 Å². The van der Waals surface area contributed by atoms with Gasteiger partial charge >= 0.3 is 0 Å². The molecule has 2 bridgehead atoms. The monoisotopic (exact) mass is 398 g/mol. The lowest BCUT2D eigenvalue weighted by Gasteiger charge is -2.56. The predicted octanol–water partition coefficient (Wildman–Crippen LogP) is 4.74. The molecule has 1 N–H and O–H groups in total. The van der Waals surface area contributed by atoms with Crippen molar-refractivity contribution >= 4 is 34.8 Å². The Balaban J connectivity index is 1.69. The zero-order valence-electron chi connectivity index (χ0n) is 15.4. The minimum Gasteiger partial charge on any atom is -0.493 e. The third kappa shape index (κ3) is 2.39. The normalized spacial score (nSPS) is 28.1. The van der Waals surface area contributed by atoms with E-state index in [-0.39, 0.29) is 6.04 Å². The van der Waals surface area contributed by atoms with E-state index in [4.69, 9.17) is 21.7 Å². The maximum absolute atomic E-state index is 6.81. The van der Waals surface area contributed by atoms with Crippen LogP contribution in [0.2, 0.25) is 0 Å². The predicted molar refractivity (Wildman–Crippen MR) is 113 cm³/mol. The van der Waals surface area contributed by atoms with Gasteiger partial charge in [0.15, 0.2) is 22.3 Å². The van der Waals surface area contributed by atoms with Crippen LogP contribution in [0, 0.1) is 5.92 Å². The number of thioether (sulfide) groups is 1. The summed E-state index contributed by atoms with van der Waals surface area (Å²) in [5, 5.41) is 4.36. The molecule has 140 valence electrons. The second-order valence-corrected chi connectivity index (χ2v) is 8.55. The highest BCUT2D eigenvalue weighted by Crippen LogP contribution is 2.58. The molecule has 0 aromatic heterocycles. The first-order valence-electron chi connectivity index (χ1n) is 9.28. The van der Waals surface area contributed by atoms with Crippen LogP contribution in [0.15, 0.2) is 47.4 Å². The van der Waals surface area contributed by atoms with Gasteiger partial charge in [-0.3, -0.25) is 4.90 Å². The van der Waals surface area contributed by atoms with E-state index in [0.717, 1.165) is 47.1 Å². The summed E-state index contributed by atoms with van der Waals surface area (Å²) >= 11 is 7.59. The quantitative estimate of drug-likeness (QED) is 0.594. The Labute approximate surface area is 169 Å². The molecule has 5 rings (SSSR count). The maximum atomic E-state index is 6.81. The summed E-state index contributed by atoms with van der Waals surface area (Å²) in [7, 11) is 1.70. The first-order valence-corrected chi connectivity index (χ1v) is 10.9. The van der Waals surface area contributed by atoms with Crippen molar-refractivity contribution in [3.8, 4) is 11.5 Å². The van der Waals surface area contributed by atoms with Crippen LogP contribution in [0.25, 0.3) is 0 Å². The summed E-state index contributed by atoms with van der Waals surface area (Å²) in [6, 6.07) is 14.8. The molecule has 0 amide bonds. The number of ether oxygens (including phenoxy) is 2. The number of methoxy groups -OCH3 is 1. The van der Waals surface area contributed by atoms with E-state index in [1.807, 2.05) is 12.1 Å². The van der Waals surface area contributed by atoms with Gasteiger partial charge in [-0.2, -0.15) is 0 Å². The molecule has 4 nitrogen and oxygen atoms in total. The van der Waals surface area contributed by atoms with Gasteiger partial charge in [-0.05, 0) is 55.6 Å². The third-order valence-electron chi connectivity index (χ3n) is 6.05. The number of para-hydroxylation sites is 1. The van der Waals surface area contributed by atoms with Crippen LogP contribution < -0.4 is 19.7 Å². The molecule has 3 aliphatic rings. The molecule has 3 atom stereocenters. The largest absolute Gasteiger partial charge is 0.493 e. The van der Waals surface area contributed by atoms with Gasteiger partial charge in [0.1, 0.15) is 0 Å². The summed E-state index contributed by atoms with van der Waals surface area (Å²) in [4.78, 5) is 3.43. The van der Waals surface area contributed by atoms with Crippen molar-refractivity contribution in [2.24, 2.45) is 5.92 Å². The average molecular weight is 399 g/mol. The van der Waals surface area contributed by atoms with Crippen molar-refractivity contribution in [1.82, 2.24) is 5.32 Å². The summed E-state index contributed by atoms with van der Waals surface area (Å²) < 4.78 is 12.4. The van der Waals surface area contributed by atoms with Crippen LogP contribution >= 0.6 is 24.0 Å². The van der Waals surface area contributed by atoms with Gasteiger partial charge in [0.25, 0.3) is 0 Å². The number of benzene rings is 2. The summed E-state index contributed by atoms with van der Waals surface area (Å²) in [6.07, 6.45) is 5.30. The number of hydrogen-bond acceptors (Lipinski definition) is 4. The average Bonchev–Trinajstić information content (AvgIpc) is 3.12. The smallest absolute Gasteiger partial charge is 0.194 e. The molecule has 0 spiro atoms. The fraction of sp³-hybridized carbons (Fsp3) is 0.381. The van der Waals surface area contributed by atoms with Crippen LogP contribution in [0.4, 0.5) is 5.69 Å². The second kappa shape index (κ2) is 6.31. The van der Waals surface area contributed by atoms with Gasteiger partial charge in [-0.1, -0.05) is 18.2 Å². The molecule has 2 aliphatic heterocycles. The Hall–Kier alpha value is -1.92. The summed E-state index contributed by atoms with van der Waals surface area (Å²) in [5.41, 5.74) is 1.78. The van der Waals surface area contributed by atoms with Crippen LogP contribution in [-0.2, 0) is 0 Å². The zero-order chi connectivity index (χ0) is 18.6. The standard InChI is InChI=1S/C21H22N2O2S2/c1-24-17-10-4-8-15-18-16-9-5-11-21(16,25-19(15)17)23(20(26)22-18)13-6-3-7-14(12-13)27-2/h3-4,6-8,10,12,16,18H,5,9,11H2,1-2H3,(H,22,26). The Kier molecular flexibility index (Phi) is 4.02. The van der Waals surface area contributed by atoms with E-state index in [1.54, 1.807) is 18.9 Å². The number of rotatable bonds is 3. The zero-order valence-corrected chi connectivity index (χ0v) is 17.0. The van der Waals surface area contributed by atoms with Crippen LogP contribution in [0.1, 0.15) is 30.9 Å². The van der Waals surface area contributed by atoms with Crippen LogP contribution in [-0.4, -0.2) is 24.2 Å². The highest BCUT2D eigenvalue weighted by atomic mass is 32.2. The summed E-state index contributed by atoms with van der Waals surface area (Å²) in [6.45, 7) is 0. The molecule has 27 heavy (non-hydrogen) atoms. The van der Waals surface area contributed by atoms with Gasteiger partial charge in [0.05, 0.1) is 13.2 Å². The Morgan fingerprint density at radius 3 is 2.96 bits per heavy atom. The van der Waals surface area contributed by atoms with Crippen molar-refractivity contribution in [2.45, 2.75) is 35.9 Å². The molecular weight excluding hydrogens is 376 g/mol. The number of fused-ring (bicyclic) bond motifs is 2. The molecule has 0 radical (unpaired) electrons. The first kappa shape index (κ1) is 17.2. The number of hydrogen-bond donors (Lipinski definition) is 1. The van der Waals surface area contributed by atoms with E-state index in [1.165, 1.54) is 4.90 Å². The van der Waals surface area contributed by atoms with Crippen LogP contribution in [0.5, 0.6) is 11.5 Å². The lowest BCUT2D eigenvalue weighted by Crippen LogP contribution is -2.69. The van der Waals surface area contributed by atoms with Crippen molar-refractivity contribution in [2.75, 3.05) is 18.3 Å². The molecule has 1 aliphatic carbocycles. The summed E-state index contributed by atoms with van der Waals surface area (Å²) in [5.74, 6) is 1.99.